The zero-order chi connectivity index (χ0) is 56.2. The molecule has 1 unspecified atom stereocenters. The zero-order valence-corrected chi connectivity index (χ0v) is 40.6. The molecule has 5 heterocycles. The van der Waals surface area contributed by atoms with Crippen LogP contribution in [0.3, 0.4) is 0 Å². The first kappa shape index (κ1) is 62.7. The molecule has 5 aliphatic rings. The monoisotopic (exact) mass is 1120 g/mol. The van der Waals surface area contributed by atoms with Gasteiger partial charge in [0, 0.05) is 27.2 Å². The van der Waals surface area contributed by atoms with Crippen molar-refractivity contribution in [3.05, 3.63) is 0 Å². The van der Waals surface area contributed by atoms with Crippen LogP contribution in [0.25, 0.3) is 0 Å². The van der Waals surface area contributed by atoms with Crippen molar-refractivity contribution in [2.24, 2.45) is 0 Å². The van der Waals surface area contributed by atoms with Crippen LogP contribution in [0.1, 0.15) is 27.2 Å². The minimum atomic E-state index is -5.13. The first-order chi connectivity index (χ1) is 35.0. The summed E-state index contributed by atoms with van der Waals surface area (Å²) < 4.78 is 86.4. The maximum absolute atomic E-state index is 12.9. The van der Waals surface area contributed by atoms with Crippen LogP contribution in [-0.2, 0) is 76.4 Å². The summed E-state index contributed by atoms with van der Waals surface area (Å²) in [6.07, 6.45) is -46.2. The van der Waals surface area contributed by atoms with Gasteiger partial charge in [-0.05, 0) is 0 Å². The quantitative estimate of drug-likeness (QED) is 0.0475. The highest BCUT2D eigenvalue weighted by Crippen LogP contribution is 2.39. The van der Waals surface area contributed by atoms with Gasteiger partial charge in [0.25, 0.3) is 5.79 Å². The lowest BCUT2D eigenvalue weighted by atomic mass is 9.88. The van der Waals surface area contributed by atoms with Crippen molar-refractivity contribution in [3.63, 3.8) is 0 Å². The largest absolute Gasteiger partial charge is 0.477 e. The van der Waals surface area contributed by atoms with Gasteiger partial charge in [-0.2, -0.15) is 8.42 Å². The summed E-state index contributed by atoms with van der Waals surface area (Å²) in [4.78, 5) is 49.6. The van der Waals surface area contributed by atoms with E-state index in [0.29, 0.717) is 0 Å². The number of hydrogen-bond donors (Lipinski definition) is 19. The first-order valence-electron chi connectivity index (χ1n) is 22.9. The molecule has 0 saturated carbocycles. The maximum Gasteiger partial charge on any atom is 0.397 e. The number of carbonyl (C=O) groups is 4. The van der Waals surface area contributed by atoms with E-state index in [1.807, 2.05) is 0 Å². The smallest absolute Gasteiger partial charge is 0.397 e. The van der Waals surface area contributed by atoms with Crippen LogP contribution in [0.15, 0.2) is 0 Å². The average molecular weight is 1120 g/mol. The van der Waals surface area contributed by atoms with E-state index < -0.39 is 232 Å². The standard InChI is InChI=1S/C39H65N3O32S/c1-10(46)40-19-13(49)4-39(38(60)61,73-32(19)22(51)14(50)5-43)74-33-24(53)15(6-44)68-37(29(33)58)71-30-16(7-45)69-35(20(26(30)55)41-11(2)47)65-8-17-25(54)31(21(34(59)67-17)42-12(3)48)72-36-28(57)27(56)23(52)18(70-36)9-66-75(62,63)64/h13-37,43-45,49-59H,4-9H2,1-3H3,(H,40,46)(H,41,47)(H,42,48)(H,60,61)(H,62,63,64)/t13-,14+,15+,16+,17+,18+,19+,20+,21+,22+,23-,24-,25-,26+,27-,28+,29+,30+,31+,32+,33-,34?,35+,36-,37-,39-/m0/s1. The van der Waals surface area contributed by atoms with Crippen LogP contribution in [0.5, 0.6) is 0 Å². The fraction of sp³-hybridized carbons (Fsp3) is 0.897. The van der Waals surface area contributed by atoms with E-state index in [1.165, 1.54) is 0 Å². The number of hydrogen-bond acceptors (Lipinski definition) is 30. The molecule has 434 valence electrons. The first-order valence-corrected chi connectivity index (χ1v) is 24.2. The van der Waals surface area contributed by atoms with Crippen molar-refractivity contribution >= 4 is 34.1 Å². The van der Waals surface area contributed by atoms with Crippen molar-refractivity contribution in [2.75, 3.05) is 33.0 Å². The van der Waals surface area contributed by atoms with Crippen molar-refractivity contribution < 1.29 is 156 Å². The Morgan fingerprint density at radius 3 is 1.69 bits per heavy atom. The average Bonchev–Trinajstić information content (AvgIpc) is 3.33. The molecule has 0 aromatic carbocycles. The van der Waals surface area contributed by atoms with Gasteiger partial charge in [-0.1, -0.05) is 0 Å². The van der Waals surface area contributed by atoms with E-state index in [1.54, 1.807) is 0 Å². The van der Waals surface area contributed by atoms with Gasteiger partial charge in [-0.25, -0.2) is 8.98 Å². The van der Waals surface area contributed by atoms with E-state index >= 15 is 0 Å². The van der Waals surface area contributed by atoms with Gasteiger partial charge in [0.15, 0.2) is 25.2 Å². The van der Waals surface area contributed by atoms with Gasteiger partial charge in [0.1, 0.15) is 116 Å². The summed E-state index contributed by atoms with van der Waals surface area (Å²) in [5, 5.41) is 168. The Hall–Kier alpha value is -3.17. The third-order valence-corrected chi connectivity index (χ3v) is 13.1. The van der Waals surface area contributed by atoms with Gasteiger partial charge in [-0.3, -0.25) is 18.9 Å². The molecule has 0 aromatic heterocycles. The number of carboxylic acid groups (broad SMARTS) is 1. The summed E-state index contributed by atoms with van der Waals surface area (Å²) >= 11 is 0. The maximum atomic E-state index is 12.9. The summed E-state index contributed by atoms with van der Waals surface area (Å²) in [6.45, 7) is -2.44. The lowest BCUT2D eigenvalue weighted by Gasteiger charge is -2.51. The highest BCUT2D eigenvalue weighted by Gasteiger charge is 2.61. The van der Waals surface area contributed by atoms with Crippen LogP contribution < -0.4 is 16.0 Å². The SMILES string of the molecule is CC(=O)N[C@H]1[C@H](OC[C@H]2OC(O)[C@H](NC(C)=O)[C@@H](O[C@@H]3O[C@H](COS(=O)(=O)O)[C@H](O)[C@H](O)[C@H]3O)[C@H]2O)O[C@H](CO)[C@@H](O[C@@H]2O[C@H](CO)[C@H](O)[C@H](O[C@]3(C(=O)O)C[C@H](O)[C@@H](NC(C)=O)[C@H]([C@H](O)[C@H](O)CO)O3)[C@H]2O)[C@@H]1O. The Morgan fingerprint density at radius 1 is 0.613 bits per heavy atom. The van der Waals surface area contributed by atoms with Crippen molar-refractivity contribution in [3.8, 4) is 0 Å². The van der Waals surface area contributed by atoms with Gasteiger partial charge in [0.05, 0.1) is 45.2 Å². The molecule has 5 saturated heterocycles. The van der Waals surface area contributed by atoms with Crippen LogP contribution in [0, 0.1) is 0 Å². The zero-order valence-electron chi connectivity index (χ0n) is 39.8. The van der Waals surface area contributed by atoms with Crippen LogP contribution in [0.2, 0.25) is 0 Å². The Bertz CT molecular complexity index is 2030. The summed E-state index contributed by atoms with van der Waals surface area (Å²) in [5.74, 6) is -7.79. The Morgan fingerprint density at radius 2 is 1.13 bits per heavy atom. The van der Waals surface area contributed by atoms with Gasteiger partial charge in [0.2, 0.25) is 17.7 Å². The molecule has 3 amide bonds. The third-order valence-electron chi connectivity index (χ3n) is 12.7. The van der Waals surface area contributed by atoms with Gasteiger partial charge < -0.3 is 135 Å². The Labute approximate surface area is 424 Å². The van der Waals surface area contributed by atoms with E-state index in [9.17, 15) is 104 Å². The molecule has 5 aliphatic heterocycles. The molecule has 36 heteroatoms. The van der Waals surface area contributed by atoms with Gasteiger partial charge >= 0.3 is 16.4 Å². The van der Waals surface area contributed by atoms with E-state index in [-0.39, 0.29) is 0 Å². The number of rotatable bonds is 21. The van der Waals surface area contributed by atoms with Crippen LogP contribution in [-0.4, -0.2) is 305 Å². The third kappa shape index (κ3) is 14.8. The summed E-state index contributed by atoms with van der Waals surface area (Å²) in [6, 6.07) is -5.14. The van der Waals surface area contributed by atoms with Crippen molar-refractivity contribution in [1.29, 1.82) is 0 Å². The number of carbonyl (C=O) groups excluding carboxylic acids is 3. The lowest BCUT2D eigenvalue weighted by molar-refractivity contribution is -0.383. The summed E-state index contributed by atoms with van der Waals surface area (Å²) in [7, 11) is -5.13. The fourth-order valence-electron chi connectivity index (χ4n) is 8.98. The van der Waals surface area contributed by atoms with Crippen LogP contribution in [0.4, 0.5) is 0 Å². The van der Waals surface area contributed by atoms with E-state index in [2.05, 4.69) is 20.1 Å². The molecule has 26 atom stereocenters. The number of nitrogens with one attached hydrogen (secondary N) is 3. The topological polar surface area (TPSA) is 554 Å². The number of aliphatic carboxylic acids is 1. The lowest BCUT2D eigenvalue weighted by Crippen LogP contribution is -2.71. The van der Waals surface area contributed by atoms with Crippen molar-refractivity contribution in [1.82, 2.24) is 16.0 Å². The molecule has 5 fully saturated rings. The predicted octanol–water partition coefficient (Wildman–Crippen LogP) is -12.5. The van der Waals surface area contributed by atoms with Crippen molar-refractivity contribution in [2.45, 2.75) is 186 Å². The molecule has 75 heavy (non-hydrogen) atoms. The second kappa shape index (κ2) is 26.2. The van der Waals surface area contributed by atoms with E-state index in [0.717, 1.165) is 20.8 Å². The Balaban J connectivity index is 1.36. The molecule has 0 bridgehead atoms. The number of aliphatic hydroxyl groups is 14. The fourth-order valence-corrected chi connectivity index (χ4v) is 9.29. The van der Waals surface area contributed by atoms with E-state index in [4.69, 9.17) is 47.2 Å². The molecular weight excluding hydrogens is 1050 g/mol. The molecule has 5 rings (SSSR count). The molecular formula is C39H65N3O32S. The van der Waals surface area contributed by atoms with Crippen LogP contribution >= 0.6 is 0 Å². The minimum absolute atomic E-state index is 0.822. The Kier molecular flexibility index (Phi) is 21.9. The van der Waals surface area contributed by atoms with Gasteiger partial charge in [-0.15, -0.1) is 0 Å². The minimum Gasteiger partial charge on any atom is -0.477 e. The summed E-state index contributed by atoms with van der Waals surface area (Å²) in [5.41, 5.74) is 0. The number of aliphatic hydroxyl groups excluding tert-OH is 14. The molecule has 0 spiro atoms. The molecule has 0 radical (unpaired) electrons. The number of amides is 3. The molecule has 35 nitrogen and oxygen atoms in total. The molecule has 0 aromatic rings. The number of ether oxygens (including phenoxy) is 9. The second-order valence-electron chi connectivity index (χ2n) is 18.2. The normalized spacial score (nSPS) is 43.5. The highest BCUT2D eigenvalue weighted by atomic mass is 32.3. The molecule has 19 N–H and O–H groups in total. The highest BCUT2D eigenvalue weighted by molar-refractivity contribution is 7.80. The number of carboxylic acids is 1. The predicted molar refractivity (Wildman–Crippen MR) is 229 cm³/mol. The second-order valence-corrected chi connectivity index (χ2v) is 19.2. The molecule has 0 aliphatic carbocycles.